The van der Waals surface area contributed by atoms with Gasteiger partial charge in [-0.15, -0.1) is 0 Å². The Morgan fingerprint density at radius 2 is 1.50 bits per heavy atom. The summed E-state index contributed by atoms with van der Waals surface area (Å²) in [6.45, 7) is 0.895. The van der Waals surface area contributed by atoms with Crippen LogP contribution in [0, 0.1) is 29.1 Å². The second-order valence-corrected chi connectivity index (χ2v) is 6.84. The van der Waals surface area contributed by atoms with Crippen molar-refractivity contribution in [3.05, 3.63) is 94.6 Å². The smallest absolute Gasteiger partial charge is 0.161 e. The summed E-state index contributed by atoms with van der Waals surface area (Å²) >= 11 is 0. The van der Waals surface area contributed by atoms with Gasteiger partial charge in [-0.05, 0) is 36.8 Å². The molecule has 2 nitrogen and oxygen atoms in total. The maximum absolute atomic E-state index is 14.6. The number of halogens is 5. The Bertz CT molecular complexity index is 994. The van der Waals surface area contributed by atoms with Crippen molar-refractivity contribution in [2.75, 3.05) is 6.54 Å². The van der Waals surface area contributed by atoms with E-state index >= 15 is 0 Å². The van der Waals surface area contributed by atoms with Gasteiger partial charge in [0.15, 0.2) is 11.6 Å². The van der Waals surface area contributed by atoms with Gasteiger partial charge in [-0.1, -0.05) is 6.07 Å². The quantitative estimate of drug-likeness (QED) is 0.441. The zero-order chi connectivity index (χ0) is 19.8. The molecule has 2 aromatic carbocycles. The fraction of sp³-hybridized carbons (Fsp3) is 0.238. The van der Waals surface area contributed by atoms with Gasteiger partial charge in [-0.2, -0.15) is 0 Å². The Balaban J connectivity index is 1.84. The van der Waals surface area contributed by atoms with Crippen LogP contribution in [0.5, 0.6) is 0 Å². The average molecular weight is 392 g/mol. The summed E-state index contributed by atoms with van der Waals surface area (Å²) < 4.78 is 72.3. The molecule has 3 aromatic rings. The van der Waals surface area contributed by atoms with Crippen LogP contribution in [0.3, 0.4) is 0 Å². The lowest BCUT2D eigenvalue weighted by Crippen LogP contribution is -2.31. The summed E-state index contributed by atoms with van der Waals surface area (Å²) in [5.74, 6) is -4.77. The van der Waals surface area contributed by atoms with Crippen molar-refractivity contribution in [2.45, 2.75) is 25.6 Å². The fourth-order valence-corrected chi connectivity index (χ4v) is 3.80. The number of rotatable bonds is 3. The molecule has 1 aliphatic heterocycles. The number of aromatic nitrogens is 1. The summed E-state index contributed by atoms with van der Waals surface area (Å²) in [6.07, 6.45) is 2.47. The molecule has 28 heavy (non-hydrogen) atoms. The van der Waals surface area contributed by atoms with Gasteiger partial charge in [-0.25, -0.2) is 22.0 Å². The maximum atomic E-state index is 14.6. The van der Waals surface area contributed by atoms with E-state index in [1.165, 1.54) is 6.07 Å². The van der Waals surface area contributed by atoms with Gasteiger partial charge in [0.05, 0.1) is 6.04 Å². The molecule has 1 aromatic heterocycles. The molecule has 0 N–H and O–H groups in total. The third-order valence-electron chi connectivity index (χ3n) is 5.11. The van der Waals surface area contributed by atoms with Crippen molar-refractivity contribution < 1.29 is 22.0 Å². The lowest BCUT2D eigenvalue weighted by Gasteiger charge is -2.31. The lowest BCUT2D eigenvalue weighted by atomic mass is 9.99. The first-order valence-electron chi connectivity index (χ1n) is 8.92. The van der Waals surface area contributed by atoms with E-state index in [1.807, 2.05) is 10.8 Å². The highest BCUT2D eigenvalue weighted by Crippen LogP contribution is 2.35. The van der Waals surface area contributed by atoms with Gasteiger partial charge in [0, 0.05) is 48.7 Å². The van der Waals surface area contributed by atoms with Crippen molar-refractivity contribution in [3.8, 4) is 0 Å². The molecule has 0 fully saturated rings. The minimum atomic E-state index is -1.28. The summed E-state index contributed by atoms with van der Waals surface area (Å²) in [4.78, 5) is 1.69. The Morgan fingerprint density at radius 1 is 0.786 bits per heavy atom. The van der Waals surface area contributed by atoms with Gasteiger partial charge in [0.25, 0.3) is 0 Å². The number of fused-ring (bicyclic) bond motifs is 1. The highest BCUT2D eigenvalue weighted by Gasteiger charge is 2.31. The van der Waals surface area contributed by atoms with Crippen LogP contribution in [0.4, 0.5) is 22.0 Å². The zero-order valence-electron chi connectivity index (χ0n) is 14.8. The molecular formula is C21H17F5N2. The highest BCUT2D eigenvalue weighted by molar-refractivity contribution is 5.32. The first-order chi connectivity index (χ1) is 13.5. The van der Waals surface area contributed by atoms with Gasteiger partial charge in [-0.3, -0.25) is 4.90 Å². The van der Waals surface area contributed by atoms with Gasteiger partial charge < -0.3 is 4.57 Å². The topological polar surface area (TPSA) is 8.17 Å². The summed E-state index contributed by atoms with van der Waals surface area (Å²) in [6, 6.07) is 7.63. The summed E-state index contributed by atoms with van der Waals surface area (Å²) in [7, 11) is 0. The molecule has 1 atom stereocenters. The van der Waals surface area contributed by atoms with Crippen LogP contribution in [0.15, 0.2) is 48.7 Å². The zero-order valence-corrected chi connectivity index (χ0v) is 14.8. The van der Waals surface area contributed by atoms with E-state index in [0.717, 1.165) is 18.2 Å². The van der Waals surface area contributed by atoms with E-state index < -0.39 is 35.1 Å². The molecule has 0 bridgehead atoms. The second kappa shape index (κ2) is 7.39. The number of benzene rings is 2. The van der Waals surface area contributed by atoms with Crippen molar-refractivity contribution in [2.24, 2.45) is 0 Å². The SMILES string of the molecule is Fc1cc(F)c([C@H]2c3cccn3CCCN2Cc2c(F)cccc2F)cc1F. The van der Waals surface area contributed by atoms with Crippen LogP contribution in [0.25, 0.3) is 0 Å². The molecule has 0 aliphatic carbocycles. The predicted molar refractivity (Wildman–Crippen MR) is 94.0 cm³/mol. The molecule has 0 spiro atoms. The maximum Gasteiger partial charge on any atom is 0.161 e. The number of hydrogen-bond donors (Lipinski definition) is 0. The molecule has 2 heterocycles. The van der Waals surface area contributed by atoms with Crippen molar-refractivity contribution in [3.63, 3.8) is 0 Å². The molecule has 7 heteroatoms. The normalized spacial score (nSPS) is 17.4. The van der Waals surface area contributed by atoms with E-state index in [-0.39, 0.29) is 17.7 Å². The van der Waals surface area contributed by atoms with E-state index in [4.69, 9.17) is 0 Å². The van der Waals surface area contributed by atoms with E-state index in [2.05, 4.69) is 0 Å². The Kier molecular flexibility index (Phi) is 4.93. The Morgan fingerprint density at radius 3 is 2.25 bits per heavy atom. The molecule has 0 amide bonds. The standard InChI is InChI=1S/C21H17F5N2/c22-15-4-1-5-16(23)14(15)12-28-9-3-8-27-7-2-6-20(27)21(28)13-10-18(25)19(26)11-17(13)24/h1-2,4-7,10-11,21H,3,8-9,12H2/t21-/m0/s1. The van der Waals surface area contributed by atoms with Crippen molar-refractivity contribution >= 4 is 0 Å². The van der Waals surface area contributed by atoms with Gasteiger partial charge in [0.2, 0.25) is 0 Å². The highest BCUT2D eigenvalue weighted by atomic mass is 19.2. The molecule has 4 rings (SSSR count). The molecule has 1 aliphatic rings. The molecule has 146 valence electrons. The third kappa shape index (κ3) is 3.30. The summed E-state index contributed by atoms with van der Waals surface area (Å²) in [5, 5.41) is 0. The van der Waals surface area contributed by atoms with E-state index in [1.54, 1.807) is 17.0 Å². The average Bonchev–Trinajstić information content (AvgIpc) is 3.03. The van der Waals surface area contributed by atoms with Gasteiger partial charge >= 0.3 is 0 Å². The van der Waals surface area contributed by atoms with Crippen LogP contribution in [-0.4, -0.2) is 16.0 Å². The predicted octanol–water partition coefficient (Wildman–Crippen LogP) is 5.18. The molecule has 0 saturated carbocycles. The summed E-state index contributed by atoms with van der Waals surface area (Å²) in [5.41, 5.74) is 0.437. The van der Waals surface area contributed by atoms with Crippen LogP contribution in [-0.2, 0) is 13.1 Å². The minimum absolute atomic E-state index is 0.0718. The van der Waals surface area contributed by atoms with Gasteiger partial charge in [0.1, 0.15) is 17.5 Å². The van der Waals surface area contributed by atoms with E-state index in [0.29, 0.717) is 31.3 Å². The van der Waals surface area contributed by atoms with Crippen molar-refractivity contribution in [1.82, 2.24) is 9.47 Å². The number of hydrogen-bond acceptors (Lipinski definition) is 1. The van der Waals surface area contributed by atoms with Crippen LogP contribution in [0.2, 0.25) is 0 Å². The third-order valence-corrected chi connectivity index (χ3v) is 5.11. The van der Waals surface area contributed by atoms with Crippen LogP contribution >= 0.6 is 0 Å². The fourth-order valence-electron chi connectivity index (χ4n) is 3.80. The van der Waals surface area contributed by atoms with Crippen molar-refractivity contribution in [1.29, 1.82) is 0 Å². The Labute approximate surface area is 158 Å². The van der Waals surface area contributed by atoms with E-state index in [9.17, 15) is 22.0 Å². The molecule has 0 unspecified atom stereocenters. The monoisotopic (exact) mass is 392 g/mol. The molecule has 0 saturated heterocycles. The minimum Gasteiger partial charge on any atom is -0.350 e. The Hall–Kier alpha value is -2.67. The lowest BCUT2D eigenvalue weighted by molar-refractivity contribution is 0.210. The molecule has 0 radical (unpaired) electrons. The van der Waals surface area contributed by atoms with Crippen LogP contribution < -0.4 is 0 Å². The largest absolute Gasteiger partial charge is 0.350 e. The molecular weight excluding hydrogens is 375 g/mol. The first-order valence-corrected chi connectivity index (χ1v) is 8.92. The second-order valence-electron chi connectivity index (χ2n) is 6.84. The number of aryl methyl sites for hydroxylation is 1. The first kappa shape index (κ1) is 18.7. The van der Waals surface area contributed by atoms with Crippen LogP contribution in [0.1, 0.15) is 29.3 Å². The number of nitrogens with zero attached hydrogens (tertiary/aromatic N) is 2.